The van der Waals surface area contributed by atoms with Crippen molar-refractivity contribution in [3.05, 3.63) is 0 Å². The van der Waals surface area contributed by atoms with Crippen LogP contribution in [0.15, 0.2) is 0 Å². The number of hydrogen-bond acceptors (Lipinski definition) is 1. The van der Waals surface area contributed by atoms with Crippen molar-refractivity contribution < 1.29 is 4.79 Å². The van der Waals surface area contributed by atoms with Gasteiger partial charge < -0.3 is 5.32 Å². The molecule has 0 aromatic carbocycles. The van der Waals surface area contributed by atoms with E-state index in [0.717, 1.165) is 6.42 Å². The number of amides is 1. The summed E-state index contributed by atoms with van der Waals surface area (Å²) in [5.74, 6) is 0.630. The highest BCUT2D eigenvalue weighted by molar-refractivity contribution is 9.09. The fourth-order valence-electron chi connectivity index (χ4n) is 2.27. The number of rotatable bonds is 3. The zero-order valence-electron chi connectivity index (χ0n) is 12.3. The highest BCUT2D eigenvalue weighted by Gasteiger charge is 2.26. The minimum absolute atomic E-state index is 0.203. The first kappa shape index (κ1) is 16.0. The Kier molecular flexibility index (Phi) is 6.16. The molecule has 0 saturated heterocycles. The maximum Gasteiger partial charge on any atom is 0.220 e. The van der Waals surface area contributed by atoms with E-state index in [4.69, 9.17) is 0 Å². The zero-order valence-corrected chi connectivity index (χ0v) is 13.8. The molecule has 106 valence electrons. The summed E-state index contributed by atoms with van der Waals surface area (Å²) in [6, 6.07) is 0.326. The molecule has 1 aliphatic carbocycles. The first-order valence-corrected chi connectivity index (χ1v) is 8.15. The second-order valence-electron chi connectivity index (χ2n) is 6.80. The number of hydrogen-bond donors (Lipinski definition) is 1. The van der Waals surface area contributed by atoms with E-state index in [9.17, 15) is 4.79 Å². The van der Waals surface area contributed by atoms with Gasteiger partial charge in [-0.1, -0.05) is 62.9 Å². The number of nitrogens with one attached hydrogen (secondary N) is 1. The van der Waals surface area contributed by atoms with Gasteiger partial charge in [-0.25, -0.2) is 0 Å². The summed E-state index contributed by atoms with van der Waals surface area (Å²) in [5, 5.41) is 3.23. The molecule has 3 atom stereocenters. The Morgan fingerprint density at radius 1 is 1.28 bits per heavy atom. The molecule has 1 rings (SSSR count). The van der Waals surface area contributed by atoms with E-state index in [2.05, 4.69) is 48.9 Å². The number of halogens is 1. The molecule has 0 bridgehead atoms. The summed E-state index contributed by atoms with van der Waals surface area (Å²) in [5.41, 5.74) is 0.203. The van der Waals surface area contributed by atoms with Crippen molar-refractivity contribution in [3.8, 4) is 0 Å². The summed E-state index contributed by atoms with van der Waals surface area (Å²) in [4.78, 5) is 12.5. The molecule has 18 heavy (non-hydrogen) atoms. The Balaban J connectivity index is 2.43. The average Bonchev–Trinajstić information content (AvgIpc) is 2.43. The fraction of sp³-hybridized carbons (Fsp3) is 0.933. The lowest BCUT2D eigenvalue weighted by molar-refractivity contribution is -0.123. The lowest BCUT2D eigenvalue weighted by Crippen LogP contribution is -2.41. The van der Waals surface area contributed by atoms with Crippen LogP contribution in [0.1, 0.15) is 66.2 Å². The molecule has 3 heteroatoms. The van der Waals surface area contributed by atoms with Gasteiger partial charge in [0.05, 0.1) is 0 Å². The van der Waals surface area contributed by atoms with Gasteiger partial charge in [-0.05, 0) is 24.2 Å². The van der Waals surface area contributed by atoms with Crippen LogP contribution in [0.3, 0.4) is 0 Å². The highest BCUT2D eigenvalue weighted by Crippen LogP contribution is 2.28. The van der Waals surface area contributed by atoms with Crippen LogP contribution in [0.4, 0.5) is 0 Å². The molecule has 1 fully saturated rings. The van der Waals surface area contributed by atoms with E-state index < -0.39 is 0 Å². The molecule has 0 aromatic heterocycles. The molecule has 0 radical (unpaired) electrons. The van der Waals surface area contributed by atoms with Gasteiger partial charge in [-0.3, -0.25) is 4.79 Å². The van der Waals surface area contributed by atoms with Crippen LogP contribution in [-0.2, 0) is 4.79 Å². The molecule has 1 N–H and O–H groups in total. The van der Waals surface area contributed by atoms with E-state index in [1.54, 1.807) is 0 Å². The molecule has 1 amide bonds. The van der Waals surface area contributed by atoms with Crippen LogP contribution in [0, 0.1) is 11.3 Å². The van der Waals surface area contributed by atoms with Crippen molar-refractivity contribution in [3.63, 3.8) is 0 Å². The Morgan fingerprint density at radius 2 is 1.89 bits per heavy atom. The summed E-state index contributed by atoms with van der Waals surface area (Å²) >= 11 is 3.72. The van der Waals surface area contributed by atoms with Crippen molar-refractivity contribution in [2.75, 3.05) is 0 Å². The van der Waals surface area contributed by atoms with Crippen LogP contribution in [0.25, 0.3) is 0 Å². The molecule has 3 unspecified atom stereocenters. The summed E-state index contributed by atoms with van der Waals surface area (Å²) in [7, 11) is 0. The van der Waals surface area contributed by atoms with Crippen LogP contribution in [-0.4, -0.2) is 16.8 Å². The van der Waals surface area contributed by atoms with Gasteiger partial charge in [0.2, 0.25) is 5.91 Å². The number of alkyl halides is 1. The van der Waals surface area contributed by atoms with E-state index in [1.807, 2.05) is 0 Å². The summed E-state index contributed by atoms with van der Waals surface area (Å²) in [6.45, 7) is 8.76. The third-order valence-corrected chi connectivity index (χ3v) is 5.34. The third-order valence-electron chi connectivity index (χ3n) is 4.25. The largest absolute Gasteiger partial charge is 0.352 e. The number of carbonyl (C=O) groups is 1. The highest BCUT2D eigenvalue weighted by atomic mass is 79.9. The average molecular weight is 318 g/mol. The van der Waals surface area contributed by atoms with Crippen molar-refractivity contribution in [2.45, 2.75) is 77.1 Å². The maximum absolute atomic E-state index is 12.1. The molecular weight excluding hydrogens is 290 g/mol. The van der Waals surface area contributed by atoms with Crippen LogP contribution in [0.2, 0.25) is 0 Å². The predicted molar refractivity (Wildman–Crippen MR) is 81.0 cm³/mol. The second-order valence-corrected chi connectivity index (χ2v) is 7.98. The minimum Gasteiger partial charge on any atom is -0.352 e. The second kappa shape index (κ2) is 6.93. The Bertz CT molecular complexity index is 272. The Morgan fingerprint density at radius 3 is 2.50 bits per heavy atom. The topological polar surface area (TPSA) is 29.1 Å². The lowest BCUT2D eigenvalue weighted by Gasteiger charge is -2.28. The van der Waals surface area contributed by atoms with Crippen molar-refractivity contribution in [1.82, 2.24) is 5.32 Å². The lowest BCUT2D eigenvalue weighted by atomic mass is 9.80. The Hall–Kier alpha value is -0.0500. The summed E-state index contributed by atoms with van der Waals surface area (Å²) in [6.07, 6.45) is 6.75. The third kappa shape index (κ3) is 5.29. The van der Waals surface area contributed by atoms with E-state index in [-0.39, 0.29) is 11.3 Å². The van der Waals surface area contributed by atoms with Gasteiger partial charge in [-0.15, -0.1) is 0 Å². The molecular formula is C15H28BrNO. The van der Waals surface area contributed by atoms with Crippen molar-refractivity contribution >= 4 is 21.8 Å². The quantitative estimate of drug-likeness (QED) is 0.611. The first-order valence-electron chi connectivity index (χ1n) is 7.24. The van der Waals surface area contributed by atoms with Crippen LogP contribution >= 0.6 is 15.9 Å². The molecule has 1 saturated carbocycles. The van der Waals surface area contributed by atoms with E-state index in [1.165, 1.54) is 25.7 Å². The molecule has 2 nitrogen and oxygen atoms in total. The SMILES string of the molecule is CC(CC(=O)NC1CCCCCC1Br)C(C)(C)C. The van der Waals surface area contributed by atoms with E-state index >= 15 is 0 Å². The van der Waals surface area contributed by atoms with Crippen molar-refractivity contribution in [2.24, 2.45) is 11.3 Å². The fourth-order valence-corrected chi connectivity index (χ4v) is 3.00. The Labute approximate surface area is 120 Å². The monoisotopic (exact) mass is 317 g/mol. The smallest absolute Gasteiger partial charge is 0.220 e. The standard InChI is InChI=1S/C15H28BrNO/c1-11(15(2,3)4)10-14(18)17-13-9-7-5-6-8-12(13)16/h11-13H,5-10H2,1-4H3,(H,17,18). The number of carbonyl (C=O) groups excluding carboxylic acids is 1. The van der Waals surface area contributed by atoms with Crippen LogP contribution in [0.5, 0.6) is 0 Å². The predicted octanol–water partition coefficient (Wildman–Crippen LogP) is 4.27. The normalized spacial score (nSPS) is 27.4. The van der Waals surface area contributed by atoms with E-state index in [0.29, 0.717) is 23.2 Å². The van der Waals surface area contributed by atoms with Gasteiger partial charge in [0.1, 0.15) is 0 Å². The van der Waals surface area contributed by atoms with Gasteiger partial charge in [0, 0.05) is 17.3 Å². The minimum atomic E-state index is 0.203. The molecule has 0 spiro atoms. The maximum atomic E-state index is 12.1. The first-order chi connectivity index (χ1) is 8.30. The van der Waals surface area contributed by atoms with Gasteiger partial charge >= 0.3 is 0 Å². The van der Waals surface area contributed by atoms with Crippen LogP contribution < -0.4 is 5.32 Å². The molecule has 1 aliphatic rings. The molecule has 0 aliphatic heterocycles. The van der Waals surface area contributed by atoms with Gasteiger partial charge in [0.25, 0.3) is 0 Å². The van der Waals surface area contributed by atoms with Crippen molar-refractivity contribution in [1.29, 1.82) is 0 Å². The molecule has 0 aromatic rings. The van der Waals surface area contributed by atoms with Gasteiger partial charge in [-0.2, -0.15) is 0 Å². The zero-order chi connectivity index (χ0) is 13.8. The summed E-state index contributed by atoms with van der Waals surface area (Å²) < 4.78 is 0. The molecule has 0 heterocycles. The van der Waals surface area contributed by atoms with Gasteiger partial charge in [0.15, 0.2) is 0 Å².